The van der Waals surface area contributed by atoms with Crippen molar-refractivity contribution < 1.29 is 9.13 Å². The molecule has 0 N–H and O–H groups in total. The molecule has 1 aromatic rings. The van der Waals surface area contributed by atoms with Crippen LogP contribution >= 0.6 is 0 Å². The highest BCUT2D eigenvalue weighted by Gasteiger charge is 2.22. The van der Waals surface area contributed by atoms with Gasteiger partial charge >= 0.3 is 0 Å². The first-order chi connectivity index (χ1) is 15.2. The van der Waals surface area contributed by atoms with Crippen LogP contribution in [0.1, 0.15) is 109 Å². The van der Waals surface area contributed by atoms with Crippen LogP contribution in [0, 0.1) is 23.6 Å². The van der Waals surface area contributed by atoms with Gasteiger partial charge in [0.15, 0.2) is 11.6 Å². The van der Waals surface area contributed by atoms with Crippen LogP contribution in [0.2, 0.25) is 0 Å². The smallest absolute Gasteiger partial charge is 0.165 e. The van der Waals surface area contributed by atoms with E-state index in [2.05, 4.69) is 19.9 Å². The quantitative estimate of drug-likeness (QED) is 0.238. The van der Waals surface area contributed by atoms with Gasteiger partial charge in [0.1, 0.15) is 0 Å². The topological polar surface area (TPSA) is 9.23 Å². The summed E-state index contributed by atoms with van der Waals surface area (Å²) in [4.78, 5) is 0. The molecule has 0 amide bonds. The first kappa shape index (κ1) is 24.3. The largest absolute Gasteiger partial charge is 0.491 e. The molecular formula is C29H45FO. The van der Waals surface area contributed by atoms with Crippen LogP contribution in [-0.2, 0) is 6.42 Å². The molecular weight excluding hydrogens is 383 g/mol. The fourth-order valence-corrected chi connectivity index (χ4v) is 5.57. The molecule has 0 saturated heterocycles. The minimum absolute atomic E-state index is 0.213. The second-order valence-corrected chi connectivity index (χ2v) is 10.2. The molecule has 2 aliphatic rings. The summed E-state index contributed by atoms with van der Waals surface area (Å²) in [5.74, 6) is 3.11. The number of unbranched alkanes of at least 4 members (excludes halogenated alkanes) is 1. The van der Waals surface area contributed by atoms with Crippen molar-refractivity contribution in [1.29, 1.82) is 0 Å². The van der Waals surface area contributed by atoms with Gasteiger partial charge < -0.3 is 4.74 Å². The Morgan fingerprint density at radius 1 is 0.871 bits per heavy atom. The molecule has 0 heterocycles. The summed E-state index contributed by atoms with van der Waals surface area (Å²) in [6.45, 7) is 5.04. The number of hydrogen-bond acceptors (Lipinski definition) is 1. The summed E-state index contributed by atoms with van der Waals surface area (Å²) >= 11 is 0. The fraction of sp³-hybridized carbons (Fsp3) is 0.724. The Labute approximate surface area is 190 Å². The lowest BCUT2D eigenvalue weighted by Gasteiger charge is -2.30. The molecule has 2 heteroatoms. The molecule has 0 spiro atoms. The Bertz CT molecular complexity index is 671. The summed E-state index contributed by atoms with van der Waals surface area (Å²) < 4.78 is 19.8. The second-order valence-electron chi connectivity index (χ2n) is 10.2. The summed E-state index contributed by atoms with van der Waals surface area (Å²) in [5.41, 5.74) is 2.67. The number of allylic oxidation sites excluding steroid dienone is 2. The minimum atomic E-state index is -0.213. The van der Waals surface area contributed by atoms with E-state index in [9.17, 15) is 4.39 Å². The van der Waals surface area contributed by atoms with Crippen LogP contribution in [0.4, 0.5) is 4.39 Å². The summed E-state index contributed by atoms with van der Waals surface area (Å²) in [6, 6.07) is 5.51. The third-order valence-electron chi connectivity index (χ3n) is 7.75. The van der Waals surface area contributed by atoms with E-state index in [1.165, 1.54) is 70.6 Å². The van der Waals surface area contributed by atoms with Gasteiger partial charge in [-0.3, -0.25) is 0 Å². The SMILES string of the molecule is CCCCOc1ccc(CCC2=CCC(CCC3CCC(CCC)CC3)CC2)cc1F. The molecule has 1 nitrogen and oxygen atoms in total. The average Bonchev–Trinajstić information content (AvgIpc) is 2.79. The van der Waals surface area contributed by atoms with Crippen LogP contribution < -0.4 is 4.74 Å². The van der Waals surface area contributed by atoms with Crippen molar-refractivity contribution in [2.45, 2.75) is 110 Å². The number of hydrogen-bond donors (Lipinski definition) is 0. The molecule has 0 aromatic heterocycles. The van der Waals surface area contributed by atoms with E-state index < -0.39 is 0 Å². The maximum atomic E-state index is 14.3. The van der Waals surface area contributed by atoms with Gasteiger partial charge in [0.2, 0.25) is 0 Å². The Kier molecular flexibility index (Phi) is 10.4. The van der Waals surface area contributed by atoms with Gasteiger partial charge in [-0.2, -0.15) is 0 Å². The number of aryl methyl sites for hydroxylation is 1. The maximum absolute atomic E-state index is 14.3. The van der Waals surface area contributed by atoms with E-state index in [0.717, 1.165) is 49.0 Å². The lowest BCUT2D eigenvalue weighted by Crippen LogP contribution is -2.16. The van der Waals surface area contributed by atoms with Gasteiger partial charge in [-0.05, 0) is 80.4 Å². The zero-order valence-corrected chi connectivity index (χ0v) is 20.1. The molecule has 2 aliphatic carbocycles. The Morgan fingerprint density at radius 2 is 1.61 bits per heavy atom. The highest BCUT2D eigenvalue weighted by molar-refractivity contribution is 5.30. The molecule has 0 aliphatic heterocycles. The van der Waals surface area contributed by atoms with Gasteiger partial charge in [0, 0.05) is 0 Å². The van der Waals surface area contributed by atoms with E-state index in [-0.39, 0.29) is 5.82 Å². The van der Waals surface area contributed by atoms with Gasteiger partial charge in [-0.1, -0.05) is 82.9 Å². The van der Waals surface area contributed by atoms with Crippen LogP contribution in [0.5, 0.6) is 5.75 Å². The Morgan fingerprint density at radius 3 is 2.26 bits per heavy atom. The lowest BCUT2D eigenvalue weighted by atomic mass is 9.76. The number of rotatable bonds is 12. The summed E-state index contributed by atoms with van der Waals surface area (Å²) in [6.07, 6.45) is 22.0. The normalized spacial score (nSPS) is 24.1. The van der Waals surface area contributed by atoms with Gasteiger partial charge in [-0.15, -0.1) is 0 Å². The number of ether oxygens (including phenoxy) is 1. The molecule has 174 valence electrons. The zero-order valence-electron chi connectivity index (χ0n) is 20.1. The molecule has 1 fully saturated rings. The molecule has 1 unspecified atom stereocenters. The first-order valence-electron chi connectivity index (χ1n) is 13.3. The van der Waals surface area contributed by atoms with Crippen LogP contribution in [0.15, 0.2) is 29.8 Å². The minimum Gasteiger partial charge on any atom is -0.491 e. The van der Waals surface area contributed by atoms with E-state index >= 15 is 0 Å². The van der Waals surface area contributed by atoms with Crippen LogP contribution in [-0.4, -0.2) is 6.61 Å². The molecule has 3 rings (SSSR count). The summed E-state index contributed by atoms with van der Waals surface area (Å²) in [5, 5.41) is 0. The summed E-state index contributed by atoms with van der Waals surface area (Å²) in [7, 11) is 0. The van der Waals surface area contributed by atoms with Crippen LogP contribution in [0.25, 0.3) is 0 Å². The Hall–Kier alpha value is -1.31. The van der Waals surface area contributed by atoms with Crippen molar-refractivity contribution in [3.8, 4) is 5.75 Å². The lowest BCUT2D eigenvalue weighted by molar-refractivity contribution is 0.236. The number of halogens is 1. The fourth-order valence-electron chi connectivity index (χ4n) is 5.57. The van der Waals surface area contributed by atoms with Gasteiger partial charge in [0.05, 0.1) is 6.61 Å². The number of benzene rings is 1. The van der Waals surface area contributed by atoms with Crippen molar-refractivity contribution in [3.63, 3.8) is 0 Å². The molecule has 31 heavy (non-hydrogen) atoms. The maximum Gasteiger partial charge on any atom is 0.165 e. The monoisotopic (exact) mass is 428 g/mol. The zero-order chi connectivity index (χ0) is 21.9. The highest BCUT2D eigenvalue weighted by atomic mass is 19.1. The molecule has 0 radical (unpaired) electrons. The van der Waals surface area contributed by atoms with Gasteiger partial charge in [0.25, 0.3) is 0 Å². The van der Waals surface area contributed by atoms with Gasteiger partial charge in [-0.25, -0.2) is 4.39 Å². The predicted molar refractivity (Wildman–Crippen MR) is 130 cm³/mol. The highest BCUT2D eigenvalue weighted by Crippen LogP contribution is 2.36. The van der Waals surface area contributed by atoms with E-state index in [1.54, 1.807) is 17.7 Å². The molecule has 1 aromatic carbocycles. The second kappa shape index (κ2) is 13.3. The molecule has 1 atom stereocenters. The van der Waals surface area contributed by atoms with Crippen molar-refractivity contribution in [1.82, 2.24) is 0 Å². The van der Waals surface area contributed by atoms with E-state index in [0.29, 0.717) is 12.4 Å². The van der Waals surface area contributed by atoms with E-state index in [4.69, 9.17) is 4.74 Å². The third-order valence-corrected chi connectivity index (χ3v) is 7.75. The van der Waals surface area contributed by atoms with Crippen LogP contribution in [0.3, 0.4) is 0 Å². The van der Waals surface area contributed by atoms with E-state index in [1.807, 2.05) is 6.07 Å². The average molecular weight is 429 g/mol. The Balaban J connectivity index is 1.34. The standard InChI is InChI=1S/C29H45FO/c1-3-5-21-31-29-20-19-27(22-28(29)30)18-17-26-15-13-25(14-16-26)12-11-24-9-7-23(6-4-2)8-10-24/h15,19-20,22-25H,3-14,16-18,21H2,1-2H3. The molecule has 1 saturated carbocycles. The predicted octanol–water partition coefficient (Wildman–Crippen LogP) is 9.05. The first-order valence-corrected chi connectivity index (χ1v) is 13.3. The molecule has 0 bridgehead atoms. The van der Waals surface area contributed by atoms with Crippen molar-refractivity contribution in [2.75, 3.05) is 6.61 Å². The van der Waals surface area contributed by atoms with Crippen molar-refractivity contribution >= 4 is 0 Å². The van der Waals surface area contributed by atoms with Crippen molar-refractivity contribution in [2.24, 2.45) is 17.8 Å². The third kappa shape index (κ3) is 8.28. The van der Waals surface area contributed by atoms with Crippen molar-refractivity contribution in [3.05, 3.63) is 41.2 Å².